The first-order chi connectivity index (χ1) is 8.49. The fraction of sp³-hybridized carbons (Fsp3) is 0.273. The lowest BCUT2D eigenvalue weighted by molar-refractivity contribution is 0.0695. The number of rotatable bonds is 3. The van der Waals surface area contributed by atoms with Gasteiger partial charge in [-0.05, 0) is 12.5 Å². The summed E-state index contributed by atoms with van der Waals surface area (Å²) in [5, 5.41) is 16.8. The molecule has 0 spiro atoms. The van der Waals surface area contributed by atoms with Crippen molar-refractivity contribution in [2.75, 3.05) is 0 Å². The van der Waals surface area contributed by atoms with Crippen LogP contribution in [0.25, 0.3) is 0 Å². The number of carbonyl (C=O) groups is 1. The minimum absolute atomic E-state index is 0.0757. The largest absolute Gasteiger partial charge is 0.478 e. The van der Waals surface area contributed by atoms with E-state index in [1.54, 1.807) is 20.2 Å². The van der Waals surface area contributed by atoms with Crippen LogP contribution >= 0.6 is 0 Å². The predicted molar refractivity (Wildman–Crippen MR) is 62.5 cm³/mol. The monoisotopic (exact) mass is 248 g/mol. The molecule has 94 valence electrons. The molecule has 0 atom stereocenters. The Balaban J connectivity index is 2.43. The van der Waals surface area contributed by atoms with E-state index in [0.717, 1.165) is 5.56 Å². The first-order valence-corrected chi connectivity index (χ1v) is 5.27. The van der Waals surface area contributed by atoms with Crippen LogP contribution in [-0.4, -0.2) is 30.6 Å². The maximum Gasteiger partial charge on any atom is 0.339 e. The van der Waals surface area contributed by atoms with Crippen molar-refractivity contribution in [2.24, 2.45) is 7.05 Å². The van der Waals surface area contributed by atoms with Crippen LogP contribution in [0.2, 0.25) is 0 Å². The minimum Gasteiger partial charge on any atom is -0.478 e. The molecule has 0 saturated carbocycles. The number of aromatic nitrogens is 4. The third kappa shape index (κ3) is 2.15. The zero-order chi connectivity index (χ0) is 13.3. The fourth-order valence-corrected chi connectivity index (χ4v) is 1.61. The van der Waals surface area contributed by atoms with Gasteiger partial charge in [-0.3, -0.25) is 9.48 Å². The van der Waals surface area contributed by atoms with Gasteiger partial charge in [0.05, 0.1) is 24.6 Å². The van der Waals surface area contributed by atoms with Crippen LogP contribution in [0.15, 0.2) is 23.3 Å². The minimum atomic E-state index is -1.07. The van der Waals surface area contributed by atoms with Gasteiger partial charge in [-0.1, -0.05) is 0 Å². The number of hydrogen-bond donors (Lipinski definition) is 1. The summed E-state index contributed by atoms with van der Waals surface area (Å²) in [7, 11) is 1.63. The van der Waals surface area contributed by atoms with E-state index in [0.29, 0.717) is 5.69 Å². The predicted octanol–water partition coefficient (Wildman–Crippen LogP) is 0.0317. The van der Waals surface area contributed by atoms with Gasteiger partial charge >= 0.3 is 5.97 Å². The van der Waals surface area contributed by atoms with Gasteiger partial charge in [0.2, 0.25) is 0 Å². The van der Waals surface area contributed by atoms with E-state index in [-0.39, 0.29) is 17.7 Å². The van der Waals surface area contributed by atoms with E-state index < -0.39 is 5.97 Å². The molecule has 1 N–H and O–H groups in total. The summed E-state index contributed by atoms with van der Waals surface area (Å²) in [6.45, 7) is 1.85. The Bertz CT molecular complexity index is 657. The average Bonchev–Trinajstić information content (AvgIpc) is 2.64. The van der Waals surface area contributed by atoms with Gasteiger partial charge in [0.25, 0.3) is 5.56 Å². The van der Waals surface area contributed by atoms with Crippen molar-refractivity contribution in [1.29, 1.82) is 0 Å². The molecule has 2 aromatic heterocycles. The summed E-state index contributed by atoms with van der Waals surface area (Å²) in [6, 6.07) is 1.45. The van der Waals surface area contributed by atoms with Crippen LogP contribution in [0.4, 0.5) is 0 Å². The van der Waals surface area contributed by atoms with Crippen molar-refractivity contribution >= 4 is 5.97 Å². The highest BCUT2D eigenvalue weighted by atomic mass is 16.4. The summed E-state index contributed by atoms with van der Waals surface area (Å²) in [5.74, 6) is -1.07. The Morgan fingerprint density at radius 1 is 1.39 bits per heavy atom. The van der Waals surface area contributed by atoms with Gasteiger partial charge in [-0.25, -0.2) is 9.48 Å². The highest BCUT2D eigenvalue weighted by Crippen LogP contribution is 2.08. The zero-order valence-electron chi connectivity index (χ0n) is 9.99. The van der Waals surface area contributed by atoms with E-state index in [9.17, 15) is 9.59 Å². The molecule has 2 heterocycles. The highest BCUT2D eigenvalue weighted by Gasteiger charge is 2.16. The van der Waals surface area contributed by atoms with Gasteiger partial charge in [-0.15, -0.1) is 0 Å². The van der Waals surface area contributed by atoms with Crippen LogP contribution in [0.5, 0.6) is 0 Å². The zero-order valence-corrected chi connectivity index (χ0v) is 9.99. The SMILES string of the molecule is Cc1cnn(Cc2c(C(=O)O)cnn2C)c(=O)c1. The van der Waals surface area contributed by atoms with E-state index in [4.69, 9.17) is 5.11 Å². The molecule has 0 aliphatic rings. The lowest BCUT2D eigenvalue weighted by Gasteiger charge is -2.06. The van der Waals surface area contributed by atoms with Crippen molar-refractivity contribution in [3.05, 3.63) is 45.6 Å². The van der Waals surface area contributed by atoms with Crippen LogP contribution < -0.4 is 5.56 Å². The summed E-state index contributed by atoms with van der Waals surface area (Å²) < 4.78 is 2.63. The molecule has 0 aliphatic carbocycles. The molecule has 2 rings (SSSR count). The first-order valence-electron chi connectivity index (χ1n) is 5.27. The van der Waals surface area contributed by atoms with Crippen LogP contribution in [-0.2, 0) is 13.6 Å². The summed E-state index contributed by atoms with van der Waals surface area (Å²) in [4.78, 5) is 22.7. The Labute approximate surface area is 102 Å². The summed E-state index contributed by atoms with van der Waals surface area (Å²) in [6.07, 6.45) is 2.81. The van der Waals surface area contributed by atoms with Gasteiger partial charge in [0.1, 0.15) is 5.56 Å². The topological polar surface area (TPSA) is 90.0 Å². The smallest absolute Gasteiger partial charge is 0.339 e. The molecular weight excluding hydrogens is 236 g/mol. The van der Waals surface area contributed by atoms with Crippen molar-refractivity contribution in [1.82, 2.24) is 19.6 Å². The Kier molecular flexibility index (Phi) is 2.97. The van der Waals surface area contributed by atoms with Crippen molar-refractivity contribution in [3.8, 4) is 0 Å². The highest BCUT2D eigenvalue weighted by molar-refractivity contribution is 5.88. The summed E-state index contributed by atoms with van der Waals surface area (Å²) >= 11 is 0. The lowest BCUT2D eigenvalue weighted by Crippen LogP contribution is -2.24. The Morgan fingerprint density at radius 2 is 2.11 bits per heavy atom. The molecule has 0 aromatic carbocycles. The third-order valence-corrected chi connectivity index (χ3v) is 2.60. The number of aromatic carboxylic acids is 1. The molecule has 7 nitrogen and oxygen atoms in total. The second kappa shape index (κ2) is 4.44. The van der Waals surface area contributed by atoms with Crippen LogP contribution in [0.1, 0.15) is 21.6 Å². The number of carboxylic acids is 1. The molecule has 2 aromatic rings. The molecule has 0 saturated heterocycles. The van der Waals surface area contributed by atoms with E-state index in [1.165, 1.54) is 21.6 Å². The molecular formula is C11H12N4O3. The quantitative estimate of drug-likeness (QED) is 0.827. The molecule has 0 aliphatic heterocycles. The standard InChI is InChI=1S/C11H12N4O3/c1-7-3-10(16)15(13-4-7)6-9-8(11(17)18)5-12-14(9)2/h3-5H,6H2,1-2H3,(H,17,18). The molecule has 7 heteroatoms. The Hall–Kier alpha value is -2.44. The maximum absolute atomic E-state index is 11.7. The second-order valence-corrected chi connectivity index (χ2v) is 3.96. The van der Waals surface area contributed by atoms with Gasteiger partial charge in [0, 0.05) is 13.1 Å². The average molecular weight is 248 g/mol. The molecule has 0 amide bonds. The third-order valence-electron chi connectivity index (χ3n) is 2.60. The van der Waals surface area contributed by atoms with Crippen molar-refractivity contribution < 1.29 is 9.90 Å². The van der Waals surface area contributed by atoms with Gasteiger partial charge in [-0.2, -0.15) is 10.2 Å². The molecule has 0 bridgehead atoms. The first kappa shape index (κ1) is 12.0. The number of aryl methyl sites for hydroxylation is 2. The molecule has 0 radical (unpaired) electrons. The normalized spacial score (nSPS) is 10.6. The maximum atomic E-state index is 11.7. The number of carboxylic acid groups (broad SMARTS) is 1. The van der Waals surface area contributed by atoms with Crippen molar-refractivity contribution in [2.45, 2.75) is 13.5 Å². The molecule has 0 unspecified atom stereocenters. The molecule has 0 fully saturated rings. The number of hydrogen-bond acceptors (Lipinski definition) is 4. The summed E-state index contributed by atoms with van der Waals surface area (Å²) in [5.41, 5.74) is 1.000. The van der Waals surface area contributed by atoms with E-state index in [1.807, 2.05) is 0 Å². The lowest BCUT2D eigenvalue weighted by atomic mass is 10.2. The van der Waals surface area contributed by atoms with Gasteiger partial charge < -0.3 is 5.11 Å². The fourth-order valence-electron chi connectivity index (χ4n) is 1.61. The van der Waals surface area contributed by atoms with E-state index >= 15 is 0 Å². The van der Waals surface area contributed by atoms with Crippen LogP contribution in [0, 0.1) is 6.92 Å². The molecule has 18 heavy (non-hydrogen) atoms. The number of nitrogens with zero attached hydrogens (tertiary/aromatic N) is 4. The Morgan fingerprint density at radius 3 is 2.72 bits per heavy atom. The second-order valence-electron chi connectivity index (χ2n) is 3.96. The van der Waals surface area contributed by atoms with Gasteiger partial charge in [0.15, 0.2) is 0 Å². The van der Waals surface area contributed by atoms with E-state index in [2.05, 4.69) is 10.2 Å². The van der Waals surface area contributed by atoms with Crippen molar-refractivity contribution in [3.63, 3.8) is 0 Å². The van der Waals surface area contributed by atoms with Crippen LogP contribution in [0.3, 0.4) is 0 Å².